The molecule has 0 aliphatic rings. The molecule has 0 amide bonds. The molecule has 5 heteroatoms. The third-order valence-corrected chi connectivity index (χ3v) is 3.95. The highest BCUT2D eigenvalue weighted by Crippen LogP contribution is 2.31. The van der Waals surface area contributed by atoms with E-state index in [0.29, 0.717) is 12.0 Å². The Hall–Kier alpha value is -1.88. The van der Waals surface area contributed by atoms with E-state index >= 15 is 0 Å². The van der Waals surface area contributed by atoms with Gasteiger partial charge >= 0.3 is 5.97 Å². The second kappa shape index (κ2) is 6.05. The van der Waals surface area contributed by atoms with Gasteiger partial charge in [-0.2, -0.15) is 0 Å². The van der Waals surface area contributed by atoms with Gasteiger partial charge in [0.25, 0.3) is 0 Å². The van der Waals surface area contributed by atoms with Crippen molar-refractivity contribution in [3.8, 4) is 10.6 Å². The predicted octanol–water partition coefficient (Wildman–Crippen LogP) is 3.23. The van der Waals surface area contributed by atoms with E-state index in [0.717, 1.165) is 22.0 Å². The van der Waals surface area contributed by atoms with Crippen LogP contribution in [0.5, 0.6) is 0 Å². The number of carbonyl (C=O) groups is 1. The molecule has 0 atom stereocenters. The summed E-state index contributed by atoms with van der Waals surface area (Å²) in [5.74, 6) is -0.337. The first-order valence-electron chi connectivity index (χ1n) is 6.41. The highest BCUT2D eigenvalue weighted by atomic mass is 32.1. The zero-order chi connectivity index (χ0) is 14.7. The van der Waals surface area contributed by atoms with E-state index in [4.69, 9.17) is 4.74 Å². The SMILES string of the molecule is CCc1nc(-c2cccs2)cc(N(C)C)c1C(=O)OC. The molecule has 0 aliphatic heterocycles. The summed E-state index contributed by atoms with van der Waals surface area (Å²) in [6.07, 6.45) is 0.685. The van der Waals surface area contributed by atoms with E-state index in [2.05, 4.69) is 4.98 Å². The summed E-state index contributed by atoms with van der Waals surface area (Å²) in [5, 5.41) is 2.02. The van der Waals surface area contributed by atoms with Gasteiger partial charge in [-0.1, -0.05) is 13.0 Å². The van der Waals surface area contributed by atoms with E-state index in [1.807, 2.05) is 49.5 Å². The molecule has 0 unspecified atom stereocenters. The number of hydrogen-bond donors (Lipinski definition) is 0. The second-order valence-corrected chi connectivity index (χ2v) is 5.51. The van der Waals surface area contributed by atoms with Crippen LogP contribution in [0.25, 0.3) is 10.6 Å². The van der Waals surface area contributed by atoms with Gasteiger partial charge < -0.3 is 9.64 Å². The maximum atomic E-state index is 12.0. The summed E-state index contributed by atoms with van der Waals surface area (Å²) in [4.78, 5) is 19.7. The van der Waals surface area contributed by atoms with Crippen molar-refractivity contribution in [1.82, 2.24) is 4.98 Å². The van der Waals surface area contributed by atoms with Crippen molar-refractivity contribution in [1.29, 1.82) is 0 Å². The van der Waals surface area contributed by atoms with E-state index in [1.54, 1.807) is 11.3 Å². The molecule has 2 aromatic rings. The number of aryl methyl sites for hydroxylation is 1. The molecular weight excluding hydrogens is 272 g/mol. The number of anilines is 1. The van der Waals surface area contributed by atoms with E-state index < -0.39 is 0 Å². The first kappa shape index (κ1) is 14.5. The number of pyridine rings is 1. The molecule has 0 saturated heterocycles. The minimum absolute atomic E-state index is 0.337. The molecule has 0 radical (unpaired) electrons. The lowest BCUT2D eigenvalue weighted by Crippen LogP contribution is -2.18. The Morgan fingerprint density at radius 3 is 2.70 bits per heavy atom. The van der Waals surface area contributed by atoms with Crippen LogP contribution in [0.3, 0.4) is 0 Å². The molecule has 20 heavy (non-hydrogen) atoms. The fraction of sp³-hybridized carbons (Fsp3) is 0.333. The average molecular weight is 290 g/mol. The predicted molar refractivity (Wildman–Crippen MR) is 82.6 cm³/mol. The van der Waals surface area contributed by atoms with Crippen LogP contribution >= 0.6 is 11.3 Å². The van der Waals surface area contributed by atoms with E-state index in [1.165, 1.54) is 7.11 Å². The lowest BCUT2D eigenvalue weighted by atomic mass is 10.1. The standard InChI is InChI=1S/C15H18N2O2S/c1-5-10-14(15(18)19-4)12(17(2)3)9-11(16-10)13-7-6-8-20-13/h6-9H,5H2,1-4H3. The minimum atomic E-state index is -0.337. The van der Waals surface area contributed by atoms with Crippen LogP contribution in [0.1, 0.15) is 23.0 Å². The Labute approximate surface area is 123 Å². The van der Waals surface area contributed by atoms with Gasteiger partial charge in [0.05, 0.1) is 29.1 Å². The molecule has 0 N–H and O–H groups in total. The maximum absolute atomic E-state index is 12.0. The molecule has 4 nitrogen and oxygen atoms in total. The van der Waals surface area contributed by atoms with Crippen LogP contribution in [-0.4, -0.2) is 32.2 Å². The molecule has 0 fully saturated rings. The second-order valence-electron chi connectivity index (χ2n) is 4.57. The highest BCUT2D eigenvalue weighted by molar-refractivity contribution is 7.13. The third-order valence-electron chi connectivity index (χ3n) is 3.05. The van der Waals surface area contributed by atoms with Crippen LogP contribution in [0.15, 0.2) is 23.6 Å². The van der Waals surface area contributed by atoms with Crippen molar-refractivity contribution in [2.75, 3.05) is 26.1 Å². The maximum Gasteiger partial charge on any atom is 0.341 e. The molecule has 2 aromatic heterocycles. The van der Waals surface area contributed by atoms with Crippen LogP contribution in [0, 0.1) is 0 Å². The van der Waals surface area contributed by atoms with Gasteiger partial charge in [-0.3, -0.25) is 4.98 Å². The highest BCUT2D eigenvalue weighted by Gasteiger charge is 2.21. The minimum Gasteiger partial charge on any atom is -0.465 e. The summed E-state index contributed by atoms with van der Waals surface area (Å²) in [5.41, 5.74) is 3.06. The van der Waals surface area contributed by atoms with Gasteiger partial charge in [-0.05, 0) is 23.9 Å². The molecule has 106 valence electrons. The zero-order valence-electron chi connectivity index (χ0n) is 12.1. The van der Waals surface area contributed by atoms with Crippen molar-refractivity contribution >= 4 is 23.0 Å². The number of hydrogen-bond acceptors (Lipinski definition) is 5. The lowest BCUT2D eigenvalue weighted by molar-refractivity contribution is 0.0600. The van der Waals surface area contributed by atoms with Crippen molar-refractivity contribution in [3.05, 3.63) is 34.8 Å². The molecule has 0 saturated carbocycles. The Balaban J connectivity index is 2.66. The summed E-state index contributed by atoms with van der Waals surface area (Å²) in [6.45, 7) is 1.99. The van der Waals surface area contributed by atoms with Gasteiger partial charge in [-0.25, -0.2) is 4.79 Å². The normalized spacial score (nSPS) is 10.4. The molecule has 2 rings (SSSR count). The Morgan fingerprint density at radius 1 is 1.45 bits per heavy atom. The van der Waals surface area contributed by atoms with Crippen LogP contribution in [0.4, 0.5) is 5.69 Å². The largest absolute Gasteiger partial charge is 0.465 e. The van der Waals surface area contributed by atoms with Crippen LogP contribution in [-0.2, 0) is 11.2 Å². The van der Waals surface area contributed by atoms with E-state index in [-0.39, 0.29) is 5.97 Å². The smallest absolute Gasteiger partial charge is 0.341 e. The van der Waals surface area contributed by atoms with Crippen molar-refractivity contribution in [2.24, 2.45) is 0 Å². The fourth-order valence-corrected chi connectivity index (χ4v) is 2.75. The zero-order valence-corrected chi connectivity index (χ0v) is 13.0. The van der Waals surface area contributed by atoms with Crippen molar-refractivity contribution in [3.63, 3.8) is 0 Å². The fourth-order valence-electron chi connectivity index (χ4n) is 2.07. The van der Waals surface area contributed by atoms with Crippen molar-refractivity contribution < 1.29 is 9.53 Å². The average Bonchev–Trinajstić information content (AvgIpc) is 2.99. The van der Waals surface area contributed by atoms with Crippen LogP contribution < -0.4 is 4.90 Å². The first-order valence-corrected chi connectivity index (χ1v) is 7.29. The van der Waals surface area contributed by atoms with Crippen molar-refractivity contribution in [2.45, 2.75) is 13.3 Å². The summed E-state index contributed by atoms with van der Waals surface area (Å²) in [7, 11) is 5.23. The molecule has 0 bridgehead atoms. The molecule has 0 spiro atoms. The number of carbonyl (C=O) groups excluding carboxylic acids is 1. The molecule has 0 aromatic carbocycles. The number of esters is 1. The quantitative estimate of drug-likeness (QED) is 0.811. The summed E-state index contributed by atoms with van der Waals surface area (Å²) >= 11 is 1.64. The first-order chi connectivity index (χ1) is 9.58. The number of rotatable bonds is 4. The lowest BCUT2D eigenvalue weighted by Gasteiger charge is -2.19. The summed E-state index contributed by atoms with van der Waals surface area (Å²) < 4.78 is 4.90. The number of thiophene rings is 1. The number of methoxy groups -OCH3 is 1. The number of ether oxygens (including phenoxy) is 1. The van der Waals surface area contributed by atoms with Gasteiger partial charge in [-0.15, -0.1) is 11.3 Å². The van der Waals surface area contributed by atoms with Gasteiger partial charge in [0.1, 0.15) is 5.56 Å². The molecule has 2 heterocycles. The monoisotopic (exact) mass is 290 g/mol. The third kappa shape index (κ3) is 2.67. The van der Waals surface area contributed by atoms with E-state index in [9.17, 15) is 4.79 Å². The Kier molecular flexibility index (Phi) is 4.39. The topological polar surface area (TPSA) is 42.4 Å². The number of nitrogens with zero attached hydrogens (tertiary/aromatic N) is 2. The Bertz CT molecular complexity index is 607. The molecule has 0 aliphatic carbocycles. The van der Waals surface area contributed by atoms with Gasteiger partial charge in [0, 0.05) is 14.1 Å². The summed E-state index contributed by atoms with van der Waals surface area (Å²) in [6, 6.07) is 5.97. The Morgan fingerprint density at radius 2 is 2.20 bits per heavy atom. The van der Waals surface area contributed by atoms with Gasteiger partial charge in [0.15, 0.2) is 0 Å². The molecular formula is C15H18N2O2S. The van der Waals surface area contributed by atoms with Crippen LogP contribution in [0.2, 0.25) is 0 Å². The number of aromatic nitrogens is 1. The van der Waals surface area contributed by atoms with Gasteiger partial charge in [0.2, 0.25) is 0 Å².